The molecule has 3 aliphatic rings. The summed E-state index contributed by atoms with van der Waals surface area (Å²) in [6, 6.07) is 5.37. The van der Waals surface area contributed by atoms with Crippen molar-refractivity contribution in [3.63, 3.8) is 0 Å². The number of anilines is 3. The van der Waals surface area contributed by atoms with Crippen LogP contribution in [0, 0.1) is 11.2 Å². The first kappa shape index (κ1) is 15.1. The molecule has 2 aromatic heterocycles. The van der Waals surface area contributed by atoms with Gasteiger partial charge in [-0.15, -0.1) is 0 Å². The highest BCUT2D eigenvalue weighted by molar-refractivity contribution is 5.57. The molecule has 2 aromatic rings. The molecule has 3 fully saturated rings. The van der Waals surface area contributed by atoms with E-state index in [9.17, 15) is 9.50 Å². The Morgan fingerprint density at radius 1 is 1.32 bits per heavy atom. The van der Waals surface area contributed by atoms with Crippen molar-refractivity contribution in [2.24, 2.45) is 5.41 Å². The summed E-state index contributed by atoms with van der Waals surface area (Å²) in [5.41, 5.74) is 1.07. The lowest BCUT2D eigenvalue weighted by Crippen LogP contribution is -2.37. The highest BCUT2D eigenvalue weighted by Crippen LogP contribution is 2.49. The van der Waals surface area contributed by atoms with E-state index < -0.39 is 0 Å². The molecule has 3 heterocycles. The predicted octanol–water partition coefficient (Wildman–Crippen LogP) is 2.92. The number of hydrogen-bond acceptors (Lipinski definition) is 5. The number of hydrogen-bond donors (Lipinski definition) is 3. The fourth-order valence-electron chi connectivity index (χ4n) is 4.36. The Morgan fingerprint density at radius 3 is 2.96 bits per heavy atom. The van der Waals surface area contributed by atoms with E-state index in [-0.39, 0.29) is 23.9 Å². The minimum absolute atomic E-state index is 0.0798. The number of H-pyrrole nitrogens is 1. The molecule has 2 unspecified atom stereocenters. The van der Waals surface area contributed by atoms with Crippen LogP contribution in [0.5, 0.6) is 0 Å². The van der Waals surface area contributed by atoms with E-state index in [1.54, 1.807) is 6.07 Å². The van der Waals surface area contributed by atoms with E-state index in [2.05, 4.69) is 20.5 Å². The van der Waals surface area contributed by atoms with E-state index >= 15 is 0 Å². The number of rotatable bonds is 5. The third kappa shape index (κ3) is 2.57. The maximum atomic E-state index is 14.4. The van der Waals surface area contributed by atoms with Gasteiger partial charge in [-0.3, -0.25) is 5.10 Å². The van der Waals surface area contributed by atoms with Gasteiger partial charge in [0.1, 0.15) is 5.82 Å². The van der Waals surface area contributed by atoms with E-state index in [1.807, 2.05) is 11.0 Å². The Bertz CT molecular complexity index is 805. The average Bonchev–Trinajstić information content (AvgIpc) is 3.08. The van der Waals surface area contributed by atoms with Crippen LogP contribution >= 0.6 is 0 Å². The summed E-state index contributed by atoms with van der Waals surface area (Å²) in [4.78, 5) is 6.54. The molecule has 6 nitrogen and oxygen atoms in total. The summed E-state index contributed by atoms with van der Waals surface area (Å²) in [6.45, 7) is 0.840. The second-order valence-electron chi connectivity index (χ2n) is 7.79. The van der Waals surface area contributed by atoms with E-state index in [0.29, 0.717) is 29.9 Å². The van der Waals surface area contributed by atoms with Gasteiger partial charge in [0.15, 0.2) is 17.5 Å². The van der Waals surface area contributed by atoms with Gasteiger partial charge in [0.2, 0.25) is 0 Å². The van der Waals surface area contributed by atoms with Crippen molar-refractivity contribution in [3.8, 4) is 0 Å². The number of piperidine rings is 1. The molecule has 1 saturated heterocycles. The van der Waals surface area contributed by atoms with Gasteiger partial charge < -0.3 is 15.3 Å². The molecule has 0 amide bonds. The Kier molecular flexibility index (Phi) is 3.28. The largest absolute Gasteiger partial charge is 0.396 e. The highest BCUT2D eigenvalue weighted by atomic mass is 19.1. The van der Waals surface area contributed by atoms with Gasteiger partial charge in [-0.2, -0.15) is 5.10 Å². The number of aromatic nitrogens is 3. The van der Waals surface area contributed by atoms with E-state index in [4.69, 9.17) is 0 Å². The molecule has 132 valence electrons. The molecule has 2 atom stereocenters. The van der Waals surface area contributed by atoms with E-state index in [1.165, 1.54) is 18.9 Å². The third-order valence-electron chi connectivity index (χ3n) is 5.93. The summed E-state index contributed by atoms with van der Waals surface area (Å²) in [5.74, 6) is 1.97. The minimum atomic E-state index is -0.313. The standard InChI is InChI=1S/C18H22FN5O/c19-13-3-4-15(20-16-7-14(22-23-16)11-1-2-11)21-17(13)24-9-18(10-25)6-5-12(24)8-18/h3-4,7,11-12,25H,1-2,5-6,8-10H2,(H2,20,21,22,23). The van der Waals surface area contributed by atoms with Crippen LogP contribution in [0.15, 0.2) is 18.2 Å². The first-order chi connectivity index (χ1) is 12.2. The second-order valence-corrected chi connectivity index (χ2v) is 7.79. The van der Waals surface area contributed by atoms with Gasteiger partial charge in [0, 0.05) is 35.7 Å². The lowest BCUT2D eigenvalue weighted by Gasteiger charge is -2.32. The first-order valence-corrected chi connectivity index (χ1v) is 9.02. The number of aliphatic hydroxyl groups excluding tert-OH is 1. The first-order valence-electron chi connectivity index (χ1n) is 9.02. The smallest absolute Gasteiger partial charge is 0.167 e. The van der Waals surface area contributed by atoms with Crippen molar-refractivity contribution in [3.05, 3.63) is 29.7 Å². The minimum Gasteiger partial charge on any atom is -0.396 e. The predicted molar refractivity (Wildman–Crippen MR) is 92.5 cm³/mol. The number of nitrogens with one attached hydrogen (secondary N) is 2. The summed E-state index contributed by atoms with van der Waals surface area (Å²) in [6.07, 6.45) is 5.35. The summed E-state index contributed by atoms with van der Waals surface area (Å²) < 4.78 is 14.4. The monoisotopic (exact) mass is 343 g/mol. The Hall–Kier alpha value is -2.15. The van der Waals surface area contributed by atoms with Gasteiger partial charge in [-0.1, -0.05) is 0 Å². The van der Waals surface area contributed by atoms with Gasteiger partial charge in [0.25, 0.3) is 0 Å². The van der Waals surface area contributed by atoms with Crippen LogP contribution in [0.2, 0.25) is 0 Å². The fourth-order valence-corrected chi connectivity index (χ4v) is 4.36. The molecular formula is C18H22FN5O. The van der Waals surface area contributed by atoms with Crippen LogP contribution in [0.3, 0.4) is 0 Å². The average molecular weight is 343 g/mol. The summed E-state index contributed by atoms with van der Waals surface area (Å²) >= 11 is 0. The lowest BCUT2D eigenvalue weighted by molar-refractivity contribution is 0.148. The van der Waals surface area contributed by atoms with Crippen LogP contribution < -0.4 is 10.2 Å². The number of halogens is 1. The van der Waals surface area contributed by atoms with Crippen molar-refractivity contribution in [2.75, 3.05) is 23.4 Å². The number of aromatic amines is 1. The zero-order valence-corrected chi connectivity index (χ0v) is 14.0. The molecule has 2 bridgehead atoms. The van der Waals surface area contributed by atoms with Gasteiger partial charge in [-0.05, 0) is 44.2 Å². The van der Waals surface area contributed by atoms with Gasteiger partial charge in [-0.25, -0.2) is 9.37 Å². The zero-order valence-electron chi connectivity index (χ0n) is 14.0. The second kappa shape index (κ2) is 5.42. The van der Waals surface area contributed by atoms with Crippen molar-refractivity contribution in [1.82, 2.24) is 15.2 Å². The molecule has 7 heteroatoms. The fraction of sp³-hybridized carbons (Fsp3) is 0.556. The summed E-state index contributed by atoms with van der Waals surface area (Å²) in [5, 5.41) is 20.2. The Labute approximate surface area is 145 Å². The zero-order chi connectivity index (χ0) is 17.0. The van der Waals surface area contributed by atoms with Crippen molar-refractivity contribution < 1.29 is 9.50 Å². The molecule has 25 heavy (non-hydrogen) atoms. The van der Waals surface area contributed by atoms with Crippen LogP contribution in [-0.4, -0.2) is 39.5 Å². The molecule has 0 aromatic carbocycles. The Balaban J connectivity index is 1.38. The molecule has 0 radical (unpaired) electrons. The highest BCUT2D eigenvalue weighted by Gasteiger charge is 2.50. The third-order valence-corrected chi connectivity index (χ3v) is 5.93. The summed E-state index contributed by atoms with van der Waals surface area (Å²) in [7, 11) is 0. The van der Waals surface area contributed by atoms with Crippen LogP contribution in [-0.2, 0) is 0 Å². The van der Waals surface area contributed by atoms with Crippen molar-refractivity contribution in [2.45, 2.75) is 44.1 Å². The van der Waals surface area contributed by atoms with Crippen LogP contribution in [0.4, 0.5) is 21.8 Å². The number of pyridine rings is 1. The van der Waals surface area contributed by atoms with Gasteiger partial charge in [0.05, 0.1) is 6.61 Å². The lowest BCUT2D eigenvalue weighted by atomic mass is 9.88. The SMILES string of the molecule is OCC12CCC(C1)N(c1nc(Nc3cc(C4CC4)[nH]n3)ccc1F)C2. The molecule has 5 rings (SSSR count). The van der Waals surface area contributed by atoms with Crippen molar-refractivity contribution in [1.29, 1.82) is 0 Å². The number of fused-ring (bicyclic) bond motifs is 2. The quantitative estimate of drug-likeness (QED) is 0.778. The molecule has 3 N–H and O–H groups in total. The number of nitrogens with zero attached hydrogens (tertiary/aromatic N) is 3. The normalized spacial score (nSPS) is 27.9. The maximum Gasteiger partial charge on any atom is 0.167 e. The van der Waals surface area contributed by atoms with Crippen LogP contribution in [0.1, 0.15) is 43.7 Å². The van der Waals surface area contributed by atoms with Gasteiger partial charge >= 0.3 is 0 Å². The van der Waals surface area contributed by atoms with Crippen molar-refractivity contribution >= 4 is 17.5 Å². The topological polar surface area (TPSA) is 77.1 Å². The van der Waals surface area contributed by atoms with E-state index in [0.717, 1.165) is 25.0 Å². The molecule has 1 aliphatic heterocycles. The molecule has 2 aliphatic carbocycles. The number of aliphatic hydroxyl groups is 1. The molecular weight excluding hydrogens is 321 g/mol. The maximum absolute atomic E-state index is 14.4. The molecule has 0 spiro atoms. The van der Waals surface area contributed by atoms with Crippen LogP contribution in [0.25, 0.3) is 0 Å². The molecule has 2 saturated carbocycles. The Morgan fingerprint density at radius 2 is 2.20 bits per heavy atom.